The van der Waals surface area contributed by atoms with Crippen LogP contribution in [0.5, 0.6) is 17.2 Å². The number of methoxy groups -OCH3 is 1. The van der Waals surface area contributed by atoms with Crippen LogP contribution in [0.1, 0.15) is 34.5 Å². The number of likely N-dealkylation sites (tertiary alicyclic amines) is 1. The molecule has 2 atom stereocenters. The van der Waals surface area contributed by atoms with Gasteiger partial charge in [-0.15, -0.1) is 0 Å². The minimum Gasteiger partial charge on any atom is -0.493 e. The Morgan fingerprint density at radius 2 is 1.84 bits per heavy atom. The molecule has 5 aliphatic heterocycles. The maximum Gasteiger partial charge on any atom is 0.290 e. The first kappa shape index (κ1) is 31.5. The number of carboxylic acid groups (broad SMARTS) is 1. The molecular formula is C30H33N5O9. The highest BCUT2D eigenvalue weighted by Crippen LogP contribution is 2.29. The second-order valence-corrected chi connectivity index (χ2v) is 9.97. The van der Waals surface area contributed by atoms with Crippen molar-refractivity contribution in [3.8, 4) is 17.2 Å². The van der Waals surface area contributed by atoms with Crippen LogP contribution < -0.4 is 30.4 Å². The number of hydrogen-bond acceptors (Lipinski definition) is 9. The molecule has 1 aromatic heterocycles. The highest BCUT2D eigenvalue weighted by molar-refractivity contribution is 5.92. The van der Waals surface area contributed by atoms with Crippen LogP contribution in [0, 0.1) is 0 Å². The maximum absolute atomic E-state index is 13.1. The van der Waals surface area contributed by atoms with Crippen LogP contribution in [0.15, 0.2) is 59.7 Å². The number of carbonyl (C=O) groups excluding carboxylic acids is 3. The zero-order chi connectivity index (χ0) is 31.5. The van der Waals surface area contributed by atoms with E-state index in [1.807, 2.05) is 30.3 Å². The third kappa shape index (κ3) is 8.56. The molecule has 6 heterocycles. The van der Waals surface area contributed by atoms with Gasteiger partial charge in [-0.2, -0.15) is 0 Å². The molecule has 3 aromatic rings. The fourth-order valence-corrected chi connectivity index (χ4v) is 4.80. The molecule has 2 aromatic carbocycles. The third-order valence-electron chi connectivity index (χ3n) is 7.00. The third-order valence-corrected chi connectivity index (χ3v) is 7.00. The van der Waals surface area contributed by atoms with Gasteiger partial charge in [0.15, 0.2) is 18.1 Å². The molecule has 14 nitrogen and oxygen atoms in total. The average Bonchev–Trinajstić information content (AvgIpc) is 3.03. The summed E-state index contributed by atoms with van der Waals surface area (Å²) in [6.07, 6.45) is 3.16. The number of aromatic amines is 1. The van der Waals surface area contributed by atoms with E-state index in [0.29, 0.717) is 49.6 Å². The number of ether oxygens (including phenoxy) is 3. The molecule has 14 heteroatoms. The zero-order valence-corrected chi connectivity index (χ0v) is 24.0. The van der Waals surface area contributed by atoms with Gasteiger partial charge in [0.25, 0.3) is 23.8 Å². The van der Waals surface area contributed by atoms with Crippen molar-refractivity contribution >= 4 is 24.2 Å². The number of aryl methyl sites for hydroxylation is 1. The number of carbonyl (C=O) groups is 4. The van der Waals surface area contributed by atoms with Gasteiger partial charge in [-0.3, -0.25) is 24.0 Å². The lowest BCUT2D eigenvalue weighted by atomic mass is 10.0. The minimum atomic E-state index is -0.555. The Labute approximate surface area is 252 Å². The zero-order valence-electron chi connectivity index (χ0n) is 24.0. The average molecular weight is 608 g/mol. The summed E-state index contributed by atoms with van der Waals surface area (Å²) in [6.45, 7) is 0.373. The quantitative estimate of drug-likeness (QED) is 0.305. The summed E-state index contributed by atoms with van der Waals surface area (Å²) in [4.78, 5) is 66.2. The van der Waals surface area contributed by atoms with Crippen LogP contribution in [-0.4, -0.2) is 83.1 Å². The van der Waals surface area contributed by atoms with Crippen molar-refractivity contribution in [2.75, 3.05) is 26.8 Å². The molecule has 1 fully saturated rings. The van der Waals surface area contributed by atoms with Crippen molar-refractivity contribution in [3.05, 3.63) is 82.0 Å². The predicted molar refractivity (Wildman–Crippen MR) is 156 cm³/mol. The van der Waals surface area contributed by atoms with Crippen molar-refractivity contribution in [1.82, 2.24) is 25.5 Å². The Kier molecular flexibility index (Phi) is 10.9. The van der Waals surface area contributed by atoms with E-state index >= 15 is 0 Å². The van der Waals surface area contributed by atoms with Gasteiger partial charge in [-0.1, -0.05) is 18.2 Å². The van der Waals surface area contributed by atoms with Gasteiger partial charge < -0.3 is 39.8 Å². The van der Waals surface area contributed by atoms with Crippen molar-refractivity contribution in [2.24, 2.45) is 0 Å². The van der Waals surface area contributed by atoms with Gasteiger partial charge in [-0.05, 0) is 41.8 Å². The largest absolute Gasteiger partial charge is 0.493 e. The standard InChI is InChI=1S/C29H31N5O7.CH2O2/c1-39-25-12-18-4-8-24(25)40-17-28(37)33-22-16-34(29(38)21-14-32-27(36)15-30-21)11-10-23(22)41-20-6-2-19(3-7-20)13-31-26(35)9-5-18;2-1-3/h2-4,6-8,12,14-15,22-23H,5,9-11,13,16-17H2,1H3,(H,31,35)(H,32,36)(H,33,37);1H,(H,2,3)/t22-,23-;/m1./s1. The number of nitrogens with one attached hydrogen (secondary N) is 3. The molecule has 0 aliphatic carbocycles. The van der Waals surface area contributed by atoms with Crippen LogP contribution in [0.3, 0.4) is 0 Å². The summed E-state index contributed by atoms with van der Waals surface area (Å²) >= 11 is 0. The fourth-order valence-electron chi connectivity index (χ4n) is 4.80. The van der Waals surface area contributed by atoms with E-state index < -0.39 is 23.6 Å². The van der Waals surface area contributed by atoms with Gasteiger partial charge in [0, 0.05) is 38.7 Å². The van der Waals surface area contributed by atoms with E-state index in [-0.39, 0.29) is 37.1 Å². The van der Waals surface area contributed by atoms with E-state index in [4.69, 9.17) is 24.1 Å². The van der Waals surface area contributed by atoms with E-state index in [9.17, 15) is 19.2 Å². The maximum atomic E-state index is 13.1. The number of hydrogen-bond donors (Lipinski definition) is 4. The molecule has 0 spiro atoms. The second-order valence-electron chi connectivity index (χ2n) is 9.97. The van der Waals surface area contributed by atoms with E-state index in [2.05, 4.69) is 20.6 Å². The van der Waals surface area contributed by atoms with Gasteiger partial charge in [-0.25, -0.2) is 4.98 Å². The Bertz CT molecular complexity index is 1510. The molecule has 232 valence electrons. The number of aromatic nitrogens is 2. The molecule has 1 saturated heterocycles. The lowest BCUT2D eigenvalue weighted by molar-refractivity contribution is -0.125. The number of nitrogens with zero attached hydrogens (tertiary/aromatic N) is 2. The lowest BCUT2D eigenvalue weighted by Crippen LogP contribution is -2.58. The van der Waals surface area contributed by atoms with Crippen molar-refractivity contribution < 1.29 is 38.5 Å². The van der Waals surface area contributed by atoms with Gasteiger partial charge >= 0.3 is 0 Å². The summed E-state index contributed by atoms with van der Waals surface area (Å²) in [5.74, 6) is 0.606. The van der Waals surface area contributed by atoms with Crippen LogP contribution in [0.4, 0.5) is 0 Å². The molecule has 44 heavy (non-hydrogen) atoms. The van der Waals surface area contributed by atoms with E-state index in [0.717, 1.165) is 17.3 Å². The first-order valence-corrected chi connectivity index (χ1v) is 13.8. The van der Waals surface area contributed by atoms with E-state index in [1.165, 1.54) is 13.3 Å². The SMILES string of the molecule is COc1cc2ccc1OCC(=O)N[C@@H]1CN(C(=O)c3c[nH]c(=O)cn3)CC[C@H]1Oc1ccc(cc1)CNC(=O)CC2.O=CO. The number of H-pyrrole nitrogens is 1. The Hall–Kier alpha value is -5.40. The topological polar surface area (TPSA) is 189 Å². The molecule has 0 saturated carbocycles. The Morgan fingerprint density at radius 1 is 1.09 bits per heavy atom. The monoisotopic (exact) mass is 607 g/mol. The van der Waals surface area contributed by atoms with Gasteiger partial charge in [0.2, 0.25) is 5.91 Å². The number of piperidine rings is 1. The predicted octanol–water partition coefficient (Wildman–Crippen LogP) is 0.899. The first-order chi connectivity index (χ1) is 21.3. The van der Waals surface area contributed by atoms with Crippen molar-refractivity contribution in [2.45, 2.75) is 38.0 Å². The summed E-state index contributed by atoms with van der Waals surface area (Å²) in [5, 5.41) is 12.8. The number of rotatable bonds is 2. The molecule has 8 rings (SSSR count). The molecule has 3 amide bonds. The van der Waals surface area contributed by atoms with Crippen LogP contribution in [0.25, 0.3) is 0 Å². The second kappa shape index (κ2) is 15.2. The van der Waals surface area contributed by atoms with E-state index in [1.54, 1.807) is 17.0 Å². The molecular weight excluding hydrogens is 574 g/mol. The molecule has 0 unspecified atom stereocenters. The highest BCUT2D eigenvalue weighted by Gasteiger charge is 2.35. The smallest absolute Gasteiger partial charge is 0.290 e. The fraction of sp³-hybridized carbons (Fsp3) is 0.333. The van der Waals surface area contributed by atoms with Gasteiger partial charge in [0.05, 0.1) is 19.3 Å². The molecule has 4 bridgehead atoms. The van der Waals surface area contributed by atoms with Gasteiger partial charge in [0.1, 0.15) is 17.5 Å². The summed E-state index contributed by atoms with van der Waals surface area (Å²) in [6, 6.07) is 12.2. The highest BCUT2D eigenvalue weighted by atomic mass is 16.5. The number of amides is 3. The Balaban J connectivity index is 0.00000141. The molecule has 0 radical (unpaired) electrons. The summed E-state index contributed by atoms with van der Waals surface area (Å²) in [5.41, 5.74) is 1.51. The molecule has 4 N–H and O–H groups in total. The molecule has 5 aliphatic rings. The van der Waals surface area contributed by atoms with Crippen molar-refractivity contribution in [3.63, 3.8) is 0 Å². The normalized spacial score (nSPS) is 18.6. The number of benzene rings is 2. The van der Waals surface area contributed by atoms with Crippen LogP contribution in [-0.2, 0) is 27.3 Å². The van der Waals surface area contributed by atoms with Crippen LogP contribution >= 0.6 is 0 Å². The van der Waals surface area contributed by atoms with Crippen LogP contribution in [0.2, 0.25) is 0 Å². The Morgan fingerprint density at radius 3 is 2.55 bits per heavy atom. The lowest BCUT2D eigenvalue weighted by Gasteiger charge is -2.38. The summed E-state index contributed by atoms with van der Waals surface area (Å²) < 4.78 is 17.5. The van der Waals surface area contributed by atoms with Crippen molar-refractivity contribution in [1.29, 1.82) is 0 Å². The minimum absolute atomic E-state index is 0.0723. The first-order valence-electron chi connectivity index (χ1n) is 13.8. The summed E-state index contributed by atoms with van der Waals surface area (Å²) in [7, 11) is 1.51.